The Hall–Kier alpha value is -3.60. The van der Waals surface area contributed by atoms with Crippen LogP contribution in [0.3, 0.4) is 0 Å². The van der Waals surface area contributed by atoms with E-state index in [9.17, 15) is 14.4 Å². The van der Waals surface area contributed by atoms with E-state index < -0.39 is 18.0 Å². The van der Waals surface area contributed by atoms with E-state index >= 15 is 0 Å². The first-order valence-electron chi connectivity index (χ1n) is 9.62. The second-order valence-corrected chi connectivity index (χ2v) is 7.69. The number of aromatic amines is 1. The first-order chi connectivity index (χ1) is 15.0. The Kier molecular flexibility index (Phi) is 5.76. The van der Waals surface area contributed by atoms with Gasteiger partial charge in [0.05, 0.1) is 30.1 Å². The number of nitrogens with one attached hydrogen (secondary N) is 3. The van der Waals surface area contributed by atoms with E-state index in [1.807, 2.05) is 30.3 Å². The smallest absolute Gasteiger partial charge is 0.337 e. The molecule has 1 aliphatic heterocycles. The molecule has 10 nitrogen and oxygen atoms in total. The van der Waals surface area contributed by atoms with Crippen molar-refractivity contribution in [2.24, 2.45) is 0 Å². The van der Waals surface area contributed by atoms with Crippen LogP contribution in [-0.2, 0) is 9.53 Å². The van der Waals surface area contributed by atoms with Crippen LogP contribution in [0.4, 0.5) is 4.79 Å². The third-order valence-corrected chi connectivity index (χ3v) is 5.54. The summed E-state index contributed by atoms with van der Waals surface area (Å²) in [6, 6.07) is 8.45. The number of urea groups is 1. The van der Waals surface area contributed by atoms with Crippen molar-refractivity contribution in [2.45, 2.75) is 25.0 Å². The molecular weight excluding hydrogens is 420 g/mol. The van der Waals surface area contributed by atoms with Gasteiger partial charge in [-0.2, -0.15) is 5.10 Å². The van der Waals surface area contributed by atoms with Crippen LogP contribution in [0.25, 0.3) is 16.7 Å². The molecule has 1 aliphatic rings. The molecule has 0 unspecified atom stereocenters. The van der Waals surface area contributed by atoms with E-state index in [1.54, 1.807) is 18.5 Å². The maximum absolute atomic E-state index is 12.5. The molecule has 0 saturated heterocycles. The number of thioether (sulfide) groups is 1. The molecule has 0 bridgehead atoms. The minimum absolute atomic E-state index is 0.208. The van der Waals surface area contributed by atoms with Gasteiger partial charge in [-0.05, 0) is 26.0 Å². The van der Waals surface area contributed by atoms with Gasteiger partial charge in [-0.15, -0.1) is 0 Å². The summed E-state index contributed by atoms with van der Waals surface area (Å²) in [5.41, 5.74) is 1.63. The highest BCUT2D eigenvalue weighted by Gasteiger charge is 2.29. The Morgan fingerprint density at radius 2 is 2.03 bits per heavy atom. The van der Waals surface area contributed by atoms with Gasteiger partial charge in [0, 0.05) is 11.4 Å². The van der Waals surface area contributed by atoms with Crippen molar-refractivity contribution < 1.29 is 14.3 Å². The molecule has 1 atom stereocenters. The molecule has 31 heavy (non-hydrogen) atoms. The fourth-order valence-electron chi connectivity index (χ4n) is 3.26. The largest absolute Gasteiger partial charge is 0.463 e. The third kappa shape index (κ3) is 4.17. The number of ether oxygens (including phenoxy) is 1. The summed E-state index contributed by atoms with van der Waals surface area (Å²) < 4.78 is 6.71. The maximum atomic E-state index is 12.5. The number of fused-ring (bicyclic) bond motifs is 1. The van der Waals surface area contributed by atoms with Crippen LogP contribution in [0, 0.1) is 0 Å². The lowest BCUT2D eigenvalue weighted by molar-refractivity contribution is -0.138. The molecule has 3 N–H and O–H groups in total. The molecule has 0 aliphatic carbocycles. The summed E-state index contributed by atoms with van der Waals surface area (Å²) in [5, 5.41) is 10.3. The van der Waals surface area contributed by atoms with Crippen LogP contribution < -0.4 is 16.2 Å². The van der Waals surface area contributed by atoms with Gasteiger partial charge in [0.15, 0.2) is 10.8 Å². The van der Waals surface area contributed by atoms with Gasteiger partial charge in [0.2, 0.25) is 0 Å². The highest BCUT2D eigenvalue weighted by atomic mass is 32.2. The average molecular weight is 440 g/mol. The SMILES string of the molecule is CCOC(=O)C1=C(CSc2nc3c(cnn3-c3ccccc3)c(=O)[nH]2)NC(=O)N[C@@H]1C. The molecule has 2 amide bonds. The highest BCUT2D eigenvalue weighted by Crippen LogP contribution is 2.23. The van der Waals surface area contributed by atoms with Crippen molar-refractivity contribution in [3.8, 4) is 5.69 Å². The molecule has 0 fully saturated rings. The lowest BCUT2D eigenvalue weighted by Crippen LogP contribution is -2.49. The number of carbonyl (C=O) groups excluding carboxylic acids is 2. The molecule has 160 valence electrons. The molecular formula is C20H20N6O4S. The monoisotopic (exact) mass is 440 g/mol. The fourth-order valence-corrected chi connectivity index (χ4v) is 4.08. The molecule has 1 aromatic carbocycles. The lowest BCUT2D eigenvalue weighted by Gasteiger charge is -2.26. The Bertz CT molecular complexity index is 1230. The zero-order chi connectivity index (χ0) is 22.0. The Morgan fingerprint density at radius 3 is 2.77 bits per heavy atom. The number of nitrogens with zero attached hydrogens (tertiary/aromatic N) is 3. The zero-order valence-electron chi connectivity index (χ0n) is 16.8. The Labute approximate surface area is 181 Å². The summed E-state index contributed by atoms with van der Waals surface area (Å²) in [5.74, 6) is -0.294. The number of hydrogen-bond donors (Lipinski definition) is 3. The van der Waals surface area contributed by atoms with Crippen molar-refractivity contribution in [1.82, 2.24) is 30.4 Å². The predicted molar refractivity (Wildman–Crippen MR) is 115 cm³/mol. The van der Waals surface area contributed by atoms with Gasteiger partial charge in [-0.1, -0.05) is 30.0 Å². The Balaban J connectivity index is 1.66. The van der Waals surface area contributed by atoms with Crippen molar-refractivity contribution in [2.75, 3.05) is 12.4 Å². The van der Waals surface area contributed by atoms with Crippen LogP contribution in [0.1, 0.15) is 13.8 Å². The first-order valence-corrected chi connectivity index (χ1v) is 10.6. The van der Waals surface area contributed by atoms with Crippen LogP contribution in [0.15, 0.2) is 57.7 Å². The van der Waals surface area contributed by atoms with Crippen LogP contribution >= 0.6 is 11.8 Å². The molecule has 11 heteroatoms. The molecule has 3 aromatic rings. The quantitative estimate of drug-likeness (QED) is 0.302. The number of rotatable bonds is 6. The summed E-state index contributed by atoms with van der Waals surface area (Å²) >= 11 is 1.19. The highest BCUT2D eigenvalue weighted by molar-refractivity contribution is 7.99. The van der Waals surface area contributed by atoms with Crippen molar-refractivity contribution in [3.63, 3.8) is 0 Å². The third-order valence-electron chi connectivity index (χ3n) is 4.64. The zero-order valence-corrected chi connectivity index (χ0v) is 17.7. The molecule has 2 aromatic heterocycles. The number of benzene rings is 1. The number of amides is 2. The normalized spacial score (nSPS) is 16.2. The van der Waals surface area contributed by atoms with Crippen molar-refractivity contribution >= 4 is 34.8 Å². The van der Waals surface area contributed by atoms with E-state index in [2.05, 4.69) is 25.7 Å². The summed E-state index contributed by atoms with van der Waals surface area (Å²) in [7, 11) is 0. The number of esters is 1. The molecule has 3 heterocycles. The second kappa shape index (κ2) is 8.64. The maximum Gasteiger partial charge on any atom is 0.337 e. The van der Waals surface area contributed by atoms with E-state index in [4.69, 9.17) is 4.74 Å². The summed E-state index contributed by atoms with van der Waals surface area (Å²) in [6.07, 6.45) is 1.47. The first kappa shape index (κ1) is 20.7. The summed E-state index contributed by atoms with van der Waals surface area (Å²) in [6.45, 7) is 3.64. The standard InChI is InChI=1S/C20H20N6O4S/c1-3-30-18(28)15-11(2)22-19(29)23-14(15)10-31-20-24-16-13(17(27)25-20)9-21-26(16)12-7-5-4-6-8-12/h4-9,11H,3,10H2,1-2H3,(H2,22,23,29)(H,24,25,27)/t11-/m1/s1. The van der Waals surface area contributed by atoms with E-state index in [1.165, 1.54) is 18.0 Å². The Morgan fingerprint density at radius 1 is 1.26 bits per heavy atom. The van der Waals surface area contributed by atoms with Crippen molar-refractivity contribution in [1.29, 1.82) is 0 Å². The number of H-pyrrole nitrogens is 1. The van der Waals surface area contributed by atoms with Gasteiger partial charge >= 0.3 is 12.0 Å². The number of hydrogen-bond acceptors (Lipinski definition) is 7. The summed E-state index contributed by atoms with van der Waals surface area (Å²) in [4.78, 5) is 44.1. The fraction of sp³-hybridized carbons (Fsp3) is 0.250. The molecule has 0 saturated carbocycles. The second-order valence-electron chi connectivity index (χ2n) is 6.72. The van der Waals surface area contributed by atoms with Crippen LogP contribution in [0.2, 0.25) is 0 Å². The minimum atomic E-state index is -0.503. The predicted octanol–water partition coefficient (Wildman–Crippen LogP) is 1.72. The van der Waals surface area contributed by atoms with E-state index in [0.29, 0.717) is 27.5 Å². The van der Waals surface area contributed by atoms with Gasteiger partial charge in [-0.25, -0.2) is 19.3 Å². The number of carbonyl (C=O) groups is 2. The topological polar surface area (TPSA) is 131 Å². The molecule has 0 radical (unpaired) electrons. The van der Waals surface area contributed by atoms with E-state index in [0.717, 1.165) is 5.69 Å². The minimum Gasteiger partial charge on any atom is -0.463 e. The average Bonchev–Trinajstić information content (AvgIpc) is 3.17. The van der Waals surface area contributed by atoms with Crippen LogP contribution in [0.5, 0.6) is 0 Å². The van der Waals surface area contributed by atoms with Gasteiger partial charge in [-0.3, -0.25) is 4.79 Å². The van der Waals surface area contributed by atoms with Crippen LogP contribution in [-0.4, -0.2) is 50.2 Å². The number of para-hydroxylation sites is 1. The van der Waals surface area contributed by atoms with Gasteiger partial charge < -0.3 is 20.4 Å². The lowest BCUT2D eigenvalue weighted by atomic mass is 10.1. The van der Waals surface area contributed by atoms with Gasteiger partial charge in [0.1, 0.15) is 5.39 Å². The van der Waals surface area contributed by atoms with Crippen molar-refractivity contribution in [3.05, 3.63) is 58.2 Å². The molecule has 4 rings (SSSR count). The molecule has 0 spiro atoms. The van der Waals surface area contributed by atoms with E-state index in [-0.39, 0.29) is 17.9 Å². The van der Waals surface area contributed by atoms with Gasteiger partial charge in [0.25, 0.3) is 5.56 Å². The number of aromatic nitrogens is 4.